The zero-order valence-corrected chi connectivity index (χ0v) is 14.2. The minimum atomic E-state index is -4.44. The second kappa shape index (κ2) is 8.55. The van der Waals surface area contributed by atoms with Crippen LogP contribution in [-0.2, 0) is 15.7 Å². The summed E-state index contributed by atoms with van der Waals surface area (Å²) >= 11 is 0. The van der Waals surface area contributed by atoms with Gasteiger partial charge >= 0.3 is 12.1 Å². The van der Waals surface area contributed by atoms with Crippen LogP contribution >= 0.6 is 0 Å². The highest BCUT2D eigenvalue weighted by Gasteiger charge is 2.30. The number of hydrogen-bond acceptors (Lipinski definition) is 5. The summed E-state index contributed by atoms with van der Waals surface area (Å²) in [7, 11) is 0. The van der Waals surface area contributed by atoms with Crippen molar-refractivity contribution in [3.8, 4) is 17.4 Å². The molecule has 8 heteroatoms. The topological polar surface area (TPSA) is 57.7 Å². The molecule has 0 spiro atoms. The van der Waals surface area contributed by atoms with Crippen LogP contribution in [0.3, 0.4) is 0 Å². The zero-order chi connectivity index (χ0) is 19.2. The molecule has 1 aromatic carbocycles. The molecule has 1 aromatic heterocycles. The summed E-state index contributed by atoms with van der Waals surface area (Å²) < 4.78 is 53.3. The Bertz CT molecular complexity index is 715. The van der Waals surface area contributed by atoms with Crippen LogP contribution in [0, 0.1) is 0 Å². The molecule has 140 valence electrons. The predicted octanol–water partition coefficient (Wildman–Crippen LogP) is 4.61. The number of hydrogen-bond donors (Lipinski definition) is 0. The molecule has 0 radical (unpaired) electrons. The van der Waals surface area contributed by atoms with Gasteiger partial charge in [-0.15, -0.1) is 0 Å². The van der Waals surface area contributed by atoms with Crippen molar-refractivity contribution in [2.45, 2.75) is 32.5 Å². The predicted molar refractivity (Wildman–Crippen MR) is 87.1 cm³/mol. The van der Waals surface area contributed by atoms with Gasteiger partial charge in [0.05, 0.1) is 12.2 Å². The fourth-order valence-corrected chi connectivity index (χ4v) is 1.89. The van der Waals surface area contributed by atoms with Crippen molar-refractivity contribution in [2.24, 2.45) is 0 Å². The number of rotatable bonds is 7. The molecule has 0 aliphatic carbocycles. The van der Waals surface area contributed by atoms with Crippen molar-refractivity contribution in [3.05, 3.63) is 48.2 Å². The van der Waals surface area contributed by atoms with E-state index in [1.165, 1.54) is 0 Å². The number of esters is 1. The van der Waals surface area contributed by atoms with E-state index in [0.29, 0.717) is 24.3 Å². The SMILES string of the molecule is CCCOC(=O)[C@H](C)Oc1ccc(Oc2ccc(C(F)(F)F)cn2)cc1. The van der Waals surface area contributed by atoms with Gasteiger partial charge in [-0.25, -0.2) is 9.78 Å². The van der Waals surface area contributed by atoms with Gasteiger partial charge in [-0.1, -0.05) is 6.92 Å². The van der Waals surface area contributed by atoms with Crippen molar-refractivity contribution >= 4 is 5.97 Å². The van der Waals surface area contributed by atoms with Crippen LogP contribution in [0.25, 0.3) is 0 Å². The van der Waals surface area contributed by atoms with E-state index >= 15 is 0 Å². The van der Waals surface area contributed by atoms with E-state index in [1.807, 2.05) is 6.92 Å². The van der Waals surface area contributed by atoms with Gasteiger partial charge in [-0.3, -0.25) is 0 Å². The fraction of sp³-hybridized carbons (Fsp3) is 0.333. The van der Waals surface area contributed by atoms with E-state index in [0.717, 1.165) is 18.6 Å². The smallest absolute Gasteiger partial charge is 0.417 e. The average molecular weight is 369 g/mol. The van der Waals surface area contributed by atoms with E-state index in [1.54, 1.807) is 31.2 Å². The number of nitrogens with zero attached hydrogens (tertiary/aromatic N) is 1. The first kappa shape index (κ1) is 19.6. The lowest BCUT2D eigenvalue weighted by molar-refractivity contribution is -0.151. The lowest BCUT2D eigenvalue weighted by Gasteiger charge is -2.14. The first-order valence-corrected chi connectivity index (χ1v) is 7.94. The molecular weight excluding hydrogens is 351 g/mol. The summed E-state index contributed by atoms with van der Waals surface area (Å²) in [5.41, 5.74) is -0.849. The summed E-state index contributed by atoms with van der Waals surface area (Å²) in [6.45, 7) is 3.80. The number of carbonyl (C=O) groups is 1. The third-order valence-corrected chi connectivity index (χ3v) is 3.20. The number of carbonyl (C=O) groups excluding carboxylic acids is 1. The van der Waals surface area contributed by atoms with E-state index < -0.39 is 23.8 Å². The molecule has 0 bridgehead atoms. The largest absolute Gasteiger partial charge is 0.479 e. The van der Waals surface area contributed by atoms with Crippen molar-refractivity contribution in [1.82, 2.24) is 4.98 Å². The Morgan fingerprint density at radius 2 is 1.77 bits per heavy atom. The lowest BCUT2D eigenvalue weighted by atomic mass is 10.3. The monoisotopic (exact) mass is 369 g/mol. The minimum absolute atomic E-state index is 0.0307. The highest BCUT2D eigenvalue weighted by molar-refractivity contribution is 5.74. The number of alkyl halides is 3. The second-order valence-electron chi connectivity index (χ2n) is 5.38. The van der Waals surface area contributed by atoms with Crippen LogP contribution in [0.15, 0.2) is 42.6 Å². The second-order valence-corrected chi connectivity index (χ2v) is 5.38. The molecule has 0 fully saturated rings. The Balaban J connectivity index is 1.94. The Hall–Kier alpha value is -2.77. The average Bonchev–Trinajstić information content (AvgIpc) is 2.61. The molecule has 0 amide bonds. The van der Waals surface area contributed by atoms with Gasteiger partial charge in [-0.05, 0) is 43.7 Å². The molecule has 5 nitrogen and oxygen atoms in total. The van der Waals surface area contributed by atoms with Crippen LogP contribution in [0.2, 0.25) is 0 Å². The van der Waals surface area contributed by atoms with Gasteiger partial charge < -0.3 is 14.2 Å². The molecular formula is C18H18F3NO4. The fourth-order valence-electron chi connectivity index (χ4n) is 1.89. The van der Waals surface area contributed by atoms with Crippen LogP contribution in [0.4, 0.5) is 13.2 Å². The van der Waals surface area contributed by atoms with Gasteiger partial charge in [0.2, 0.25) is 5.88 Å². The zero-order valence-electron chi connectivity index (χ0n) is 14.2. The first-order chi connectivity index (χ1) is 12.3. The van der Waals surface area contributed by atoms with Crippen molar-refractivity contribution in [1.29, 1.82) is 0 Å². The molecule has 0 N–H and O–H groups in total. The molecule has 1 atom stereocenters. The normalized spacial score (nSPS) is 12.3. The van der Waals surface area contributed by atoms with Crippen LogP contribution in [0.5, 0.6) is 17.4 Å². The molecule has 26 heavy (non-hydrogen) atoms. The van der Waals surface area contributed by atoms with Crippen molar-refractivity contribution in [3.63, 3.8) is 0 Å². The van der Waals surface area contributed by atoms with Gasteiger partial charge in [0.15, 0.2) is 6.10 Å². The minimum Gasteiger partial charge on any atom is -0.479 e. The number of pyridine rings is 1. The molecule has 1 heterocycles. The van der Waals surface area contributed by atoms with Gasteiger partial charge in [0, 0.05) is 12.3 Å². The van der Waals surface area contributed by atoms with Gasteiger partial charge in [-0.2, -0.15) is 13.2 Å². The number of aromatic nitrogens is 1. The maximum absolute atomic E-state index is 12.5. The summed E-state index contributed by atoms with van der Waals surface area (Å²) in [6.07, 6.45) is -3.77. The Kier molecular flexibility index (Phi) is 6.43. The summed E-state index contributed by atoms with van der Waals surface area (Å²) in [5, 5.41) is 0. The number of benzene rings is 1. The Morgan fingerprint density at radius 3 is 2.31 bits per heavy atom. The van der Waals surface area contributed by atoms with E-state index in [2.05, 4.69) is 4.98 Å². The number of ether oxygens (including phenoxy) is 3. The maximum Gasteiger partial charge on any atom is 0.417 e. The third kappa shape index (κ3) is 5.65. The van der Waals surface area contributed by atoms with Gasteiger partial charge in [0.25, 0.3) is 0 Å². The summed E-state index contributed by atoms with van der Waals surface area (Å²) in [5.74, 6) is 0.369. The standard InChI is InChI=1S/C18H18F3NO4/c1-3-10-24-17(23)12(2)25-14-5-7-15(8-6-14)26-16-9-4-13(11-22-16)18(19,20)21/h4-9,11-12H,3,10H2,1-2H3/t12-/m0/s1. The molecule has 0 unspecified atom stereocenters. The number of halogens is 3. The molecule has 2 aromatic rings. The Morgan fingerprint density at radius 1 is 1.12 bits per heavy atom. The van der Waals surface area contributed by atoms with Crippen molar-refractivity contribution < 1.29 is 32.2 Å². The van der Waals surface area contributed by atoms with E-state index in [9.17, 15) is 18.0 Å². The highest BCUT2D eigenvalue weighted by atomic mass is 19.4. The van der Waals surface area contributed by atoms with E-state index in [-0.39, 0.29) is 5.88 Å². The first-order valence-electron chi connectivity index (χ1n) is 7.94. The lowest BCUT2D eigenvalue weighted by Crippen LogP contribution is -2.26. The third-order valence-electron chi connectivity index (χ3n) is 3.20. The maximum atomic E-state index is 12.5. The molecule has 0 aliphatic rings. The summed E-state index contributed by atoms with van der Waals surface area (Å²) in [4.78, 5) is 15.3. The highest BCUT2D eigenvalue weighted by Crippen LogP contribution is 2.30. The van der Waals surface area contributed by atoms with Crippen LogP contribution in [-0.4, -0.2) is 23.7 Å². The molecule has 0 saturated heterocycles. The molecule has 0 saturated carbocycles. The quantitative estimate of drug-likeness (QED) is 0.667. The molecule has 0 aliphatic heterocycles. The van der Waals surface area contributed by atoms with Gasteiger partial charge in [0.1, 0.15) is 11.5 Å². The molecule has 2 rings (SSSR count). The van der Waals surface area contributed by atoms with Crippen molar-refractivity contribution in [2.75, 3.05) is 6.61 Å². The van der Waals surface area contributed by atoms with Crippen LogP contribution in [0.1, 0.15) is 25.8 Å². The summed E-state index contributed by atoms with van der Waals surface area (Å²) in [6, 6.07) is 8.28. The Labute approximate surface area is 148 Å². The van der Waals surface area contributed by atoms with Crippen LogP contribution < -0.4 is 9.47 Å². The van der Waals surface area contributed by atoms with E-state index in [4.69, 9.17) is 14.2 Å².